The van der Waals surface area contributed by atoms with Gasteiger partial charge in [0.25, 0.3) is 5.91 Å². The Balaban J connectivity index is 2.20. The Hall–Kier alpha value is -2.08. The zero-order chi connectivity index (χ0) is 13.8. The van der Waals surface area contributed by atoms with Crippen molar-refractivity contribution >= 4 is 29.3 Å². The number of oxazole rings is 1. The Labute approximate surface area is 115 Å². The summed E-state index contributed by atoms with van der Waals surface area (Å²) in [4.78, 5) is 20.1. The molecule has 2 aromatic rings. The van der Waals surface area contributed by atoms with E-state index in [2.05, 4.69) is 20.6 Å². The lowest BCUT2D eigenvalue weighted by Gasteiger charge is -2.06. The van der Waals surface area contributed by atoms with Gasteiger partial charge in [0.15, 0.2) is 0 Å². The molecule has 0 aliphatic carbocycles. The van der Waals surface area contributed by atoms with Crippen LogP contribution in [0.4, 0.5) is 11.8 Å². The first-order valence-corrected chi connectivity index (χ1v) is 6.12. The molecule has 6 nitrogen and oxygen atoms in total. The van der Waals surface area contributed by atoms with E-state index in [1.54, 1.807) is 19.1 Å². The van der Waals surface area contributed by atoms with E-state index in [0.29, 0.717) is 18.1 Å². The van der Waals surface area contributed by atoms with Gasteiger partial charge in [-0.15, -0.1) is 0 Å². The van der Waals surface area contributed by atoms with Crippen molar-refractivity contribution in [3.05, 3.63) is 34.8 Å². The number of carbonyl (C=O) groups is 1. The van der Waals surface area contributed by atoms with E-state index in [9.17, 15) is 4.79 Å². The number of aryl methyl sites for hydroxylation is 1. The number of anilines is 2. The van der Waals surface area contributed by atoms with Crippen LogP contribution in [0.15, 0.2) is 22.8 Å². The van der Waals surface area contributed by atoms with Crippen molar-refractivity contribution in [3.63, 3.8) is 0 Å². The second kappa shape index (κ2) is 5.71. The number of amides is 1. The Bertz CT molecular complexity index is 597. The highest BCUT2D eigenvalue weighted by molar-refractivity contribution is 6.34. The summed E-state index contributed by atoms with van der Waals surface area (Å²) in [5.41, 5.74) is 0.798. The zero-order valence-corrected chi connectivity index (χ0v) is 11.3. The van der Waals surface area contributed by atoms with Gasteiger partial charge in [-0.2, -0.15) is 4.98 Å². The first-order valence-electron chi connectivity index (χ1n) is 5.74. The smallest absolute Gasteiger partial charge is 0.301 e. The minimum absolute atomic E-state index is 0.120. The van der Waals surface area contributed by atoms with Crippen molar-refractivity contribution in [3.8, 4) is 0 Å². The average molecular weight is 281 g/mol. The van der Waals surface area contributed by atoms with Crippen LogP contribution in [-0.2, 0) is 0 Å². The summed E-state index contributed by atoms with van der Waals surface area (Å²) in [7, 11) is 0. The quantitative estimate of drug-likeness (QED) is 0.900. The number of hydrogen-bond acceptors (Lipinski definition) is 5. The van der Waals surface area contributed by atoms with Crippen LogP contribution in [0.2, 0.25) is 5.02 Å². The van der Waals surface area contributed by atoms with Gasteiger partial charge in [-0.25, -0.2) is 4.98 Å². The molecule has 19 heavy (non-hydrogen) atoms. The molecule has 0 spiro atoms. The molecule has 2 heterocycles. The third kappa shape index (κ3) is 3.23. The number of nitrogens with zero attached hydrogens (tertiary/aromatic N) is 2. The highest BCUT2D eigenvalue weighted by atomic mass is 35.5. The average Bonchev–Trinajstić information content (AvgIpc) is 2.77. The molecule has 2 rings (SSSR count). The summed E-state index contributed by atoms with van der Waals surface area (Å²) < 4.78 is 5.04. The van der Waals surface area contributed by atoms with Crippen LogP contribution in [0.5, 0.6) is 0 Å². The third-order valence-electron chi connectivity index (χ3n) is 2.26. The van der Waals surface area contributed by atoms with E-state index >= 15 is 0 Å². The molecule has 0 atom stereocenters. The third-order valence-corrected chi connectivity index (χ3v) is 2.56. The van der Waals surface area contributed by atoms with Crippen LogP contribution < -0.4 is 10.6 Å². The van der Waals surface area contributed by atoms with Gasteiger partial charge in [0.2, 0.25) is 0 Å². The number of hydrogen-bond donors (Lipinski definition) is 2. The molecular formula is C12H13ClN4O2. The summed E-state index contributed by atoms with van der Waals surface area (Å²) in [6.07, 6.45) is 1.44. The highest BCUT2D eigenvalue weighted by Gasteiger charge is 2.15. The predicted molar refractivity (Wildman–Crippen MR) is 72.6 cm³/mol. The molecular weight excluding hydrogens is 268 g/mol. The molecule has 0 saturated heterocycles. The molecule has 1 amide bonds. The molecule has 0 fully saturated rings. The fourth-order valence-corrected chi connectivity index (χ4v) is 1.64. The van der Waals surface area contributed by atoms with Crippen LogP contribution in [-0.4, -0.2) is 22.4 Å². The van der Waals surface area contributed by atoms with Crippen molar-refractivity contribution in [2.24, 2.45) is 0 Å². The molecule has 0 saturated carbocycles. The predicted octanol–water partition coefficient (Wildman–Crippen LogP) is 2.72. The molecule has 0 aliphatic heterocycles. The summed E-state index contributed by atoms with van der Waals surface area (Å²) in [6.45, 7) is 4.40. The normalized spacial score (nSPS) is 10.3. The van der Waals surface area contributed by atoms with Crippen LogP contribution in [0.25, 0.3) is 0 Å². The van der Waals surface area contributed by atoms with Gasteiger partial charge >= 0.3 is 6.01 Å². The lowest BCUT2D eigenvalue weighted by molar-refractivity contribution is 0.101. The second-order valence-electron chi connectivity index (χ2n) is 3.81. The first kappa shape index (κ1) is 13.4. The lowest BCUT2D eigenvalue weighted by atomic mass is 10.3. The van der Waals surface area contributed by atoms with E-state index in [4.69, 9.17) is 16.0 Å². The van der Waals surface area contributed by atoms with Gasteiger partial charge in [-0.05, 0) is 26.0 Å². The molecule has 2 aromatic heterocycles. The van der Waals surface area contributed by atoms with Crippen LogP contribution in [0.3, 0.4) is 0 Å². The summed E-state index contributed by atoms with van der Waals surface area (Å²) in [5, 5.41) is 5.77. The van der Waals surface area contributed by atoms with Crippen LogP contribution in [0, 0.1) is 6.92 Å². The minimum atomic E-state index is -0.466. The van der Waals surface area contributed by atoms with E-state index in [0.717, 1.165) is 0 Å². The summed E-state index contributed by atoms with van der Waals surface area (Å²) in [5.74, 6) is 0.118. The number of rotatable bonds is 4. The standard InChI is InChI=1S/C12H13ClN4O2/c1-3-14-9-5-4-8(13)10(16-9)11(18)17-12-15-7(2)6-19-12/h4-6H,3H2,1-2H3,(H,14,16)(H,15,17,18). The Morgan fingerprint density at radius 3 is 2.84 bits per heavy atom. The Kier molecular flexibility index (Phi) is 4.01. The molecule has 100 valence electrons. The molecule has 0 unspecified atom stereocenters. The van der Waals surface area contributed by atoms with Crippen molar-refractivity contribution in [1.82, 2.24) is 9.97 Å². The molecule has 0 bridgehead atoms. The Morgan fingerprint density at radius 2 is 2.21 bits per heavy atom. The van der Waals surface area contributed by atoms with Crippen molar-refractivity contribution < 1.29 is 9.21 Å². The SMILES string of the molecule is CCNc1ccc(Cl)c(C(=O)Nc2nc(C)co2)n1. The van der Waals surface area contributed by atoms with Gasteiger partial charge in [-0.1, -0.05) is 11.6 Å². The van der Waals surface area contributed by atoms with Crippen molar-refractivity contribution in [2.45, 2.75) is 13.8 Å². The van der Waals surface area contributed by atoms with E-state index < -0.39 is 5.91 Å². The maximum atomic E-state index is 12.0. The molecule has 7 heteroatoms. The minimum Gasteiger partial charge on any atom is -0.432 e. The van der Waals surface area contributed by atoms with E-state index in [-0.39, 0.29) is 16.7 Å². The largest absolute Gasteiger partial charge is 0.432 e. The van der Waals surface area contributed by atoms with Gasteiger partial charge in [0, 0.05) is 6.54 Å². The monoisotopic (exact) mass is 280 g/mol. The topological polar surface area (TPSA) is 80.0 Å². The molecule has 0 aliphatic rings. The maximum absolute atomic E-state index is 12.0. The van der Waals surface area contributed by atoms with E-state index in [1.165, 1.54) is 6.26 Å². The van der Waals surface area contributed by atoms with Gasteiger partial charge in [0.05, 0.1) is 10.7 Å². The second-order valence-corrected chi connectivity index (χ2v) is 4.21. The summed E-state index contributed by atoms with van der Waals surface area (Å²) in [6, 6.07) is 3.44. The van der Waals surface area contributed by atoms with Crippen molar-refractivity contribution in [2.75, 3.05) is 17.2 Å². The number of pyridine rings is 1. The Morgan fingerprint density at radius 1 is 1.42 bits per heavy atom. The fourth-order valence-electron chi connectivity index (χ4n) is 1.45. The summed E-state index contributed by atoms with van der Waals surface area (Å²) >= 11 is 5.96. The fraction of sp³-hybridized carbons (Fsp3) is 0.250. The number of halogens is 1. The van der Waals surface area contributed by atoms with Gasteiger partial charge in [-0.3, -0.25) is 10.1 Å². The van der Waals surface area contributed by atoms with Gasteiger partial charge < -0.3 is 9.73 Å². The van der Waals surface area contributed by atoms with Gasteiger partial charge in [0.1, 0.15) is 17.8 Å². The molecule has 0 radical (unpaired) electrons. The highest BCUT2D eigenvalue weighted by Crippen LogP contribution is 2.18. The van der Waals surface area contributed by atoms with E-state index in [1.807, 2.05) is 6.92 Å². The van der Waals surface area contributed by atoms with Crippen LogP contribution >= 0.6 is 11.6 Å². The molecule has 2 N–H and O–H groups in total. The number of aromatic nitrogens is 2. The van der Waals surface area contributed by atoms with Crippen LogP contribution in [0.1, 0.15) is 23.1 Å². The first-order chi connectivity index (χ1) is 9.10. The maximum Gasteiger partial charge on any atom is 0.301 e. The lowest BCUT2D eigenvalue weighted by Crippen LogP contribution is -2.15. The number of carbonyl (C=O) groups excluding carboxylic acids is 1. The zero-order valence-electron chi connectivity index (χ0n) is 10.5. The number of nitrogens with one attached hydrogen (secondary N) is 2. The van der Waals surface area contributed by atoms with Crippen molar-refractivity contribution in [1.29, 1.82) is 0 Å². The molecule has 0 aromatic carbocycles.